The zero-order valence-corrected chi connectivity index (χ0v) is 11.4. The molecule has 2 heterocycles. The summed E-state index contributed by atoms with van der Waals surface area (Å²) in [6.07, 6.45) is 4.66. The lowest BCUT2D eigenvalue weighted by Gasteiger charge is -2.13. The number of nitrogens with one attached hydrogen (secondary N) is 2. The summed E-state index contributed by atoms with van der Waals surface area (Å²) in [5.41, 5.74) is 0.925. The standard InChI is InChI=1S/C12H13ClN4O3/c1-17-5-7(13)2-10(17)11(18)16-9(12(19)20)3-8-4-14-6-15-8/h2,4-6,9H,3H2,1H3,(H,14,15)(H,16,18)(H,19,20)/t9-/m1/s1. The molecule has 2 aromatic heterocycles. The summed E-state index contributed by atoms with van der Waals surface area (Å²) >= 11 is 5.79. The number of aromatic amines is 1. The topological polar surface area (TPSA) is 100 Å². The summed E-state index contributed by atoms with van der Waals surface area (Å²) in [5, 5.41) is 12.0. The zero-order valence-electron chi connectivity index (χ0n) is 10.6. The molecular weight excluding hydrogens is 284 g/mol. The molecule has 8 heteroatoms. The van der Waals surface area contributed by atoms with Crippen molar-refractivity contribution in [2.75, 3.05) is 0 Å². The average Bonchev–Trinajstić information content (AvgIpc) is 2.97. The van der Waals surface area contributed by atoms with Crippen molar-refractivity contribution < 1.29 is 14.7 Å². The van der Waals surface area contributed by atoms with E-state index in [1.54, 1.807) is 13.2 Å². The van der Waals surface area contributed by atoms with Crippen LogP contribution in [0.3, 0.4) is 0 Å². The van der Waals surface area contributed by atoms with Crippen LogP contribution in [-0.4, -0.2) is 37.6 Å². The van der Waals surface area contributed by atoms with Crippen LogP contribution in [0.25, 0.3) is 0 Å². The van der Waals surface area contributed by atoms with Gasteiger partial charge < -0.3 is 20.0 Å². The van der Waals surface area contributed by atoms with Gasteiger partial charge in [-0.1, -0.05) is 11.6 Å². The maximum atomic E-state index is 12.0. The van der Waals surface area contributed by atoms with Gasteiger partial charge in [-0.05, 0) is 6.07 Å². The monoisotopic (exact) mass is 296 g/mol. The van der Waals surface area contributed by atoms with E-state index < -0.39 is 17.9 Å². The Bertz CT molecular complexity index is 621. The first kappa shape index (κ1) is 14.1. The van der Waals surface area contributed by atoms with E-state index in [0.717, 1.165) is 0 Å². The van der Waals surface area contributed by atoms with Crippen LogP contribution in [-0.2, 0) is 18.3 Å². The molecule has 0 aliphatic rings. The van der Waals surface area contributed by atoms with E-state index in [0.29, 0.717) is 16.4 Å². The third-order valence-electron chi connectivity index (χ3n) is 2.79. The molecule has 2 aromatic rings. The van der Waals surface area contributed by atoms with E-state index in [4.69, 9.17) is 16.7 Å². The molecule has 0 radical (unpaired) electrons. The maximum Gasteiger partial charge on any atom is 0.326 e. The minimum Gasteiger partial charge on any atom is -0.480 e. The van der Waals surface area contributed by atoms with Crippen molar-refractivity contribution in [3.05, 3.63) is 41.2 Å². The normalized spacial score (nSPS) is 12.1. The van der Waals surface area contributed by atoms with Crippen LogP contribution in [0.5, 0.6) is 0 Å². The highest BCUT2D eigenvalue weighted by Gasteiger charge is 2.23. The third-order valence-corrected chi connectivity index (χ3v) is 2.99. The number of hydrogen-bond acceptors (Lipinski definition) is 3. The summed E-state index contributed by atoms with van der Waals surface area (Å²) in [5.74, 6) is -1.61. The van der Waals surface area contributed by atoms with Gasteiger partial charge in [0.1, 0.15) is 11.7 Å². The van der Waals surface area contributed by atoms with Crippen LogP contribution in [0, 0.1) is 0 Å². The number of aliphatic carboxylic acids is 1. The van der Waals surface area contributed by atoms with Gasteiger partial charge >= 0.3 is 5.97 Å². The Kier molecular flexibility index (Phi) is 4.09. The lowest BCUT2D eigenvalue weighted by atomic mass is 10.1. The average molecular weight is 297 g/mol. The van der Waals surface area contributed by atoms with Crippen LogP contribution in [0.4, 0.5) is 0 Å². The summed E-state index contributed by atoms with van der Waals surface area (Å²) in [6, 6.07) is 0.433. The van der Waals surface area contributed by atoms with Gasteiger partial charge in [-0.2, -0.15) is 0 Å². The van der Waals surface area contributed by atoms with E-state index in [2.05, 4.69) is 15.3 Å². The molecule has 0 aliphatic carbocycles. The fraction of sp³-hybridized carbons (Fsp3) is 0.250. The number of carbonyl (C=O) groups is 2. The first-order valence-corrected chi connectivity index (χ1v) is 6.18. The van der Waals surface area contributed by atoms with Gasteiger partial charge in [0.25, 0.3) is 5.91 Å². The largest absolute Gasteiger partial charge is 0.480 e. The van der Waals surface area contributed by atoms with Gasteiger partial charge in [0.2, 0.25) is 0 Å². The highest BCUT2D eigenvalue weighted by molar-refractivity contribution is 6.31. The molecule has 1 amide bonds. The van der Waals surface area contributed by atoms with Gasteiger partial charge in [0.15, 0.2) is 0 Å². The molecular formula is C12H13ClN4O3. The Morgan fingerprint density at radius 1 is 1.60 bits per heavy atom. The van der Waals surface area contributed by atoms with Gasteiger partial charge in [-0.15, -0.1) is 0 Å². The number of hydrogen-bond donors (Lipinski definition) is 3. The fourth-order valence-electron chi connectivity index (χ4n) is 1.80. The number of carboxylic acids is 1. The minimum absolute atomic E-state index is 0.124. The lowest BCUT2D eigenvalue weighted by Crippen LogP contribution is -2.42. The number of aromatic nitrogens is 3. The Morgan fingerprint density at radius 2 is 2.35 bits per heavy atom. The van der Waals surface area contributed by atoms with E-state index >= 15 is 0 Å². The number of aryl methyl sites for hydroxylation is 1. The molecule has 106 valence electrons. The molecule has 0 unspecified atom stereocenters. The van der Waals surface area contributed by atoms with Crippen molar-refractivity contribution in [3.63, 3.8) is 0 Å². The van der Waals surface area contributed by atoms with E-state index in [1.165, 1.54) is 23.2 Å². The van der Waals surface area contributed by atoms with Crippen molar-refractivity contribution in [3.8, 4) is 0 Å². The van der Waals surface area contributed by atoms with Crippen LogP contribution in [0.15, 0.2) is 24.8 Å². The van der Waals surface area contributed by atoms with Gasteiger partial charge in [-0.25, -0.2) is 9.78 Å². The molecule has 1 atom stereocenters. The molecule has 0 aliphatic heterocycles. The van der Waals surface area contributed by atoms with E-state index in [1.807, 2.05) is 0 Å². The number of carboxylic acid groups (broad SMARTS) is 1. The fourth-order valence-corrected chi connectivity index (χ4v) is 2.05. The van der Waals surface area contributed by atoms with Crippen molar-refractivity contribution in [2.24, 2.45) is 7.05 Å². The minimum atomic E-state index is -1.12. The second-order valence-corrected chi connectivity index (χ2v) is 4.74. The predicted molar refractivity (Wildman–Crippen MR) is 71.6 cm³/mol. The lowest BCUT2D eigenvalue weighted by molar-refractivity contribution is -0.139. The van der Waals surface area contributed by atoms with Gasteiger partial charge in [-0.3, -0.25) is 4.79 Å². The number of H-pyrrole nitrogens is 1. The number of imidazole rings is 1. The van der Waals surface area contributed by atoms with Crippen LogP contribution in [0.2, 0.25) is 5.02 Å². The highest BCUT2D eigenvalue weighted by atomic mass is 35.5. The Labute approximate surface area is 119 Å². The van der Waals surface area contributed by atoms with Crippen LogP contribution in [0.1, 0.15) is 16.2 Å². The van der Waals surface area contributed by atoms with E-state index in [-0.39, 0.29) is 6.42 Å². The summed E-state index contributed by atoms with van der Waals surface area (Å²) < 4.78 is 1.53. The van der Waals surface area contributed by atoms with Crippen molar-refractivity contribution in [1.82, 2.24) is 19.9 Å². The van der Waals surface area contributed by atoms with Crippen molar-refractivity contribution in [1.29, 1.82) is 0 Å². The molecule has 0 bridgehead atoms. The SMILES string of the molecule is Cn1cc(Cl)cc1C(=O)N[C@H](Cc1cnc[nH]1)C(=O)O. The number of rotatable bonds is 5. The molecule has 3 N–H and O–H groups in total. The molecule has 0 fully saturated rings. The third kappa shape index (κ3) is 3.18. The van der Waals surface area contributed by atoms with Crippen molar-refractivity contribution >= 4 is 23.5 Å². The summed E-state index contributed by atoms with van der Waals surface area (Å²) in [4.78, 5) is 29.8. The maximum absolute atomic E-state index is 12.0. The number of nitrogens with zero attached hydrogens (tertiary/aromatic N) is 2. The molecule has 0 spiro atoms. The number of amides is 1. The molecule has 2 rings (SSSR count). The molecule has 0 aromatic carbocycles. The van der Waals surface area contributed by atoms with Crippen molar-refractivity contribution in [2.45, 2.75) is 12.5 Å². The molecule has 20 heavy (non-hydrogen) atoms. The second-order valence-electron chi connectivity index (χ2n) is 4.30. The van der Waals surface area contributed by atoms with Gasteiger partial charge in [0, 0.05) is 31.6 Å². The predicted octanol–water partition coefficient (Wildman–Crippen LogP) is 0.827. The highest BCUT2D eigenvalue weighted by Crippen LogP contribution is 2.13. The molecule has 7 nitrogen and oxygen atoms in total. The number of halogens is 1. The quantitative estimate of drug-likeness (QED) is 0.760. The first-order chi connectivity index (χ1) is 9.47. The smallest absolute Gasteiger partial charge is 0.326 e. The van der Waals surface area contributed by atoms with Crippen LogP contribution < -0.4 is 5.32 Å². The Balaban J connectivity index is 2.10. The Hall–Kier alpha value is -2.28. The summed E-state index contributed by atoms with van der Waals surface area (Å²) in [6.45, 7) is 0. The number of carbonyl (C=O) groups excluding carboxylic acids is 1. The van der Waals surface area contributed by atoms with Crippen LogP contribution >= 0.6 is 11.6 Å². The molecule has 0 saturated carbocycles. The molecule has 0 saturated heterocycles. The zero-order chi connectivity index (χ0) is 14.7. The first-order valence-electron chi connectivity index (χ1n) is 5.80. The van der Waals surface area contributed by atoms with Gasteiger partial charge in [0.05, 0.1) is 11.3 Å². The second kappa shape index (κ2) is 5.79. The Morgan fingerprint density at radius 3 is 2.85 bits per heavy atom. The summed E-state index contributed by atoms with van der Waals surface area (Å²) in [7, 11) is 1.66. The van der Waals surface area contributed by atoms with E-state index in [9.17, 15) is 9.59 Å².